The van der Waals surface area contributed by atoms with Crippen LogP contribution in [0.1, 0.15) is 25.8 Å². The summed E-state index contributed by atoms with van der Waals surface area (Å²) in [5.41, 5.74) is 6.70. The molecule has 7 heteroatoms. The summed E-state index contributed by atoms with van der Waals surface area (Å²) in [5.74, 6) is -1.87. The van der Waals surface area contributed by atoms with Crippen molar-refractivity contribution in [2.45, 2.75) is 38.8 Å². The molecule has 0 aliphatic heterocycles. The molecule has 2 atom stereocenters. The Morgan fingerprint density at radius 1 is 1.12 bits per heavy atom. The molecule has 7 nitrogen and oxygen atoms in total. The minimum absolute atomic E-state index is 0.249. The fourth-order valence-electron chi connectivity index (χ4n) is 2.24. The van der Waals surface area contributed by atoms with E-state index in [1.165, 1.54) is 0 Å². The van der Waals surface area contributed by atoms with Crippen molar-refractivity contribution < 1.29 is 19.5 Å². The van der Waals surface area contributed by atoms with Crippen molar-refractivity contribution >= 4 is 17.8 Å². The number of hydrogen-bond acceptors (Lipinski definition) is 4. The quantitative estimate of drug-likeness (QED) is 0.517. The molecule has 0 aromatic heterocycles. The van der Waals surface area contributed by atoms with Crippen LogP contribution in [0.3, 0.4) is 0 Å². The summed E-state index contributed by atoms with van der Waals surface area (Å²) in [6, 6.07) is 7.57. The van der Waals surface area contributed by atoms with Gasteiger partial charge in [0.15, 0.2) is 0 Å². The molecule has 0 radical (unpaired) electrons. The molecule has 0 heterocycles. The van der Waals surface area contributed by atoms with Crippen LogP contribution in [0.25, 0.3) is 0 Å². The number of carboxylic acids is 1. The molecule has 2 amide bonds. The van der Waals surface area contributed by atoms with Crippen LogP contribution in [-0.2, 0) is 20.8 Å². The van der Waals surface area contributed by atoms with Gasteiger partial charge in [0.2, 0.25) is 11.8 Å². The fourth-order valence-corrected chi connectivity index (χ4v) is 2.24. The van der Waals surface area contributed by atoms with Crippen molar-refractivity contribution in [1.29, 1.82) is 0 Å². The molecule has 0 saturated carbocycles. The smallest absolute Gasteiger partial charge is 0.322 e. The van der Waals surface area contributed by atoms with Crippen LogP contribution in [0.2, 0.25) is 0 Å². The van der Waals surface area contributed by atoms with Gasteiger partial charge in [-0.05, 0) is 17.9 Å². The van der Waals surface area contributed by atoms with Gasteiger partial charge in [-0.15, -0.1) is 0 Å². The zero-order valence-electron chi connectivity index (χ0n) is 14.0. The third-order valence-corrected chi connectivity index (χ3v) is 3.39. The molecule has 0 unspecified atom stereocenters. The van der Waals surface area contributed by atoms with Gasteiger partial charge in [0.25, 0.3) is 0 Å². The summed E-state index contributed by atoms with van der Waals surface area (Å²) >= 11 is 0. The molecule has 1 aromatic carbocycles. The van der Waals surface area contributed by atoms with E-state index in [4.69, 9.17) is 10.8 Å². The van der Waals surface area contributed by atoms with Crippen LogP contribution >= 0.6 is 0 Å². The average molecular weight is 335 g/mol. The number of nitrogens with one attached hydrogen (secondary N) is 2. The number of rotatable bonds is 9. The van der Waals surface area contributed by atoms with E-state index in [1.807, 2.05) is 44.2 Å². The van der Waals surface area contributed by atoms with Crippen LogP contribution < -0.4 is 16.4 Å². The maximum Gasteiger partial charge on any atom is 0.322 e. The first-order valence-electron chi connectivity index (χ1n) is 7.89. The highest BCUT2D eigenvalue weighted by atomic mass is 16.4. The Kier molecular flexibility index (Phi) is 7.91. The molecule has 5 N–H and O–H groups in total. The summed E-state index contributed by atoms with van der Waals surface area (Å²) in [6.45, 7) is 3.40. The predicted octanol–water partition coefficient (Wildman–Crippen LogP) is 0.288. The Labute approximate surface area is 141 Å². The second-order valence-electron chi connectivity index (χ2n) is 6.10. The van der Waals surface area contributed by atoms with E-state index in [2.05, 4.69) is 10.6 Å². The zero-order valence-corrected chi connectivity index (χ0v) is 14.0. The number of aliphatic carboxylic acids is 1. The summed E-state index contributed by atoms with van der Waals surface area (Å²) in [6.07, 6.45) is 0.757. The maximum absolute atomic E-state index is 12.2. The monoisotopic (exact) mass is 335 g/mol. The Bertz CT molecular complexity index is 560. The molecule has 24 heavy (non-hydrogen) atoms. The van der Waals surface area contributed by atoms with Crippen molar-refractivity contribution in [3.05, 3.63) is 35.9 Å². The Morgan fingerprint density at radius 3 is 2.29 bits per heavy atom. The number of carbonyl (C=O) groups is 3. The molecule has 1 aromatic rings. The number of amides is 2. The Balaban J connectivity index is 2.78. The van der Waals surface area contributed by atoms with Gasteiger partial charge in [0, 0.05) is 6.42 Å². The first-order chi connectivity index (χ1) is 11.3. The third-order valence-electron chi connectivity index (χ3n) is 3.39. The molecule has 0 spiro atoms. The van der Waals surface area contributed by atoms with E-state index >= 15 is 0 Å². The molecular formula is C17H25N3O4. The minimum atomic E-state index is -1.15. The van der Waals surface area contributed by atoms with Gasteiger partial charge in [-0.25, -0.2) is 0 Å². The highest BCUT2D eigenvalue weighted by molar-refractivity contribution is 5.91. The lowest BCUT2D eigenvalue weighted by Gasteiger charge is -2.21. The van der Waals surface area contributed by atoms with Gasteiger partial charge in [0.1, 0.15) is 12.6 Å². The van der Waals surface area contributed by atoms with Crippen molar-refractivity contribution in [3.8, 4) is 0 Å². The lowest BCUT2D eigenvalue weighted by atomic mass is 10.0. The van der Waals surface area contributed by atoms with E-state index in [1.54, 1.807) is 0 Å². The van der Waals surface area contributed by atoms with Gasteiger partial charge >= 0.3 is 5.97 Å². The van der Waals surface area contributed by atoms with Crippen molar-refractivity contribution in [1.82, 2.24) is 10.6 Å². The SMILES string of the molecule is CC(C)C[C@H](N)C(=O)N[C@@H](Cc1ccccc1)C(=O)NCC(=O)O. The second-order valence-corrected chi connectivity index (χ2v) is 6.10. The van der Waals surface area contributed by atoms with Gasteiger partial charge in [-0.1, -0.05) is 44.2 Å². The number of benzene rings is 1. The molecule has 0 fully saturated rings. The van der Waals surface area contributed by atoms with Crippen LogP contribution in [-0.4, -0.2) is 41.5 Å². The Hall–Kier alpha value is -2.41. The van der Waals surface area contributed by atoms with Gasteiger partial charge in [-0.2, -0.15) is 0 Å². The lowest BCUT2D eigenvalue weighted by Crippen LogP contribution is -2.53. The summed E-state index contributed by atoms with van der Waals surface area (Å²) in [5, 5.41) is 13.6. The lowest BCUT2D eigenvalue weighted by molar-refractivity contribution is -0.138. The first kappa shape index (κ1) is 19.6. The topological polar surface area (TPSA) is 122 Å². The standard InChI is InChI=1S/C17H25N3O4/c1-11(2)8-13(18)16(23)20-14(17(24)19-10-15(21)22)9-12-6-4-3-5-7-12/h3-7,11,13-14H,8-10,18H2,1-2H3,(H,19,24)(H,20,23)(H,21,22)/t13-,14-/m0/s1. The number of carbonyl (C=O) groups excluding carboxylic acids is 2. The van der Waals surface area contributed by atoms with Crippen LogP contribution in [0.4, 0.5) is 0 Å². The minimum Gasteiger partial charge on any atom is -0.480 e. The van der Waals surface area contributed by atoms with Gasteiger partial charge in [0.05, 0.1) is 6.04 Å². The first-order valence-corrected chi connectivity index (χ1v) is 7.89. The fraction of sp³-hybridized carbons (Fsp3) is 0.471. The molecule has 0 saturated heterocycles. The van der Waals surface area contributed by atoms with E-state index < -0.39 is 36.4 Å². The maximum atomic E-state index is 12.2. The van der Waals surface area contributed by atoms with E-state index in [-0.39, 0.29) is 12.3 Å². The molecule has 0 aliphatic carbocycles. The summed E-state index contributed by atoms with van der Waals surface area (Å²) < 4.78 is 0. The van der Waals surface area contributed by atoms with Crippen LogP contribution in [0.5, 0.6) is 0 Å². The van der Waals surface area contributed by atoms with Crippen molar-refractivity contribution in [2.75, 3.05) is 6.54 Å². The normalized spacial score (nSPS) is 13.2. The molecule has 0 bridgehead atoms. The Morgan fingerprint density at radius 2 is 1.75 bits per heavy atom. The highest BCUT2D eigenvalue weighted by Crippen LogP contribution is 2.06. The average Bonchev–Trinajstić information content (AvgIpc) is 2.52. The predicted molar refractivity (Wildman–Crippen MR) is 90.2 cm³/mol. The van der Waals surface area contributed by atoms with E-state index in [9.17, 15) is 14.4 Å². The number of hydrogen-bond donors (Lipinski definition) is 4. The number of nitrogens with two attached hydrogens (primary N) is 1. The van der Waals surface area contributed by atoms with Crippen LogP contribution in [0.15, 0.2) is 30.3 Å². The third kappa shape index (κ3) is 7.23. The summed E-state index contributed by atoms with van der Waals surface area (Å²) in [7, 11) is 0. The van der Waals surface area contributed by atoms with Crippen molar-refractivity contribution in [3.63, 3.8) is 0 Å². The van der Waals surface area contributed by atoms with Crippen LogP contribution in [0, 0.1) is 5.92 Å². The number of carboxylic acid groups (broad SMARTS) is 1. The van der Waals surface area contributed by atoms with Gasteiger partial charge < -0.3 is 21.5 Å². The largest absolute Gasteiger partial charge is 0.480 e. The molecule has 132 valence electrons. The highest BCUT2D eigenvalue weighted by Gasteiger charge is 2.24. The molecule has 0 aliphatic rings. The van der Waals surface area contributed by atoms with E-state index in [0.29, 0.717) is 6.42 Å². The zero-order chi connectivity index (χ0) is 18.1. The molecular weight excluding hydrogens is 310 g/mol. The summed E-state index contributed by atoms with van der Waals surface area (Å²) in [4.78, 5) is 35.0. The van der Waals surface area contributed by atoms with Crippen molar-refractivity contribution in [2.24, 2.45) is 11.7 Å². The molecule has 1 rings (SSSR count). The van der Waals surface area contributed by atoms with E-state index in [0.717, 1.165) is 5.56 Å². The van der Waals surface area contributed by atoms with Gasteiger partial charge in [-0.3, -0.25) is 14.4 Å². The second kappa shape index (κ2) is 9.67.